The topological polar surface area (TPSA) is 38.3 Å². The maximum absolute atomic E-state index is 11.0. The fourth-order valence-electron chi connectivity index (χ4n) is 1.50. The molecule has 0 aromatic rings. The van der Waals surface area contributed by atoms with E-state index in [2.05, 4.69) is 19.2 Å². The van der Waals surface area contributed by atoms with Crippen molar-refractivity contribution < 1.29 is 9.53 Å². The molecule has 1 fully saturated rings. The molecular formula is C11H21NO2. The van der Waals surface area contributed by atoms with Crippen molar-refractivity contribution in [3.63, 3.8) is 0 Å². The van der Waals surface area contributed by atoms with Gasteiger partial charge in [-0.05, 0) is 32.1 Å². The Balaban J connectivity index is 2.06. The van der Waals surface area contributed by atoms with Gasteiger partial charge in [0.05, 0.1) is 13.0 Å². The van der Waals surface area contributed by atoms with Gasteiger partial charge in [0.25, 0.3) is 0 Å². The summed E-state index contributed by atoms with van der Waals surface area (Å²) in [6.07, 6.45) is 3.09. The van der Waals surface area contributed by atoms with Gasteiger partial charge in [-0.3, -0.25) is 4.79 Å². The Bertz CT molecular complexity index is 199. The summed E-state index contributed by atoms with van der Waals surface area (Å²) in [6.45, 7) is 7.52. The SMILES string of the molecule is CCOC(=O)CCNC(C)C1(C)CC1. The van der Waals surface area contributed by atoms with E-state index in [0.717, 1.165) is 6.54 Å². The Morgan fingerprint density at radius 3 is 2.71 bits per heavy atom. The highest BCUT2D eigenvalue weighted by molar-refractivity contribution is 5.69. The Labute approximate surface area is 86.2 Å². The first-order valence-electron chi connectivity index (χ1n) is 5.47. The van der Waals surface area contributed by atoms with E-state index in [1.807, 2.05) is 6.92 Å². The van der Waals surface area contributed by atoms with Crippen LogP contribution < -0.4 is 5.32 Å². The van der Waals surface area contributed by atoms with E-state index < -0.39 is 0 Å². The summed E-state index contributed by atoms with van der Waals surface area (Å²) in [5.41, 5.74) is 0.481. The zero-order valence-corrected chi connectivity index (χ0v) is 9.43. The third-order valence-electron chi connectivity index (χ3n) is 3.17. The molecule has 1 aliphatic carbocycles. The summed E-state index contributed by atoms with van der Waals surface area (Å²) < 4.78 is 4.85. The monoisotopic (exact) mass is 199 g/mol. The number of hydrogen-bond acceptors (Lipinski definition) is 3. The van der Waals surface area contributed by atoms with Crippen LogP contribution in [0.2, 0.25) is 0 Å². The quantitative estimate of drug-likeness (QED) is 0.662. The standard InChI is InChI=1S/C11H21NO2/c1-4-14-10(13)5-8-12-9(2)11(3)6-7-11/h9,12H,4-8H2,1-3H3. The minimum Gasteiger partial charge on any atom is -0.466 e. The van der Waals surface area contributed by atoms with Crippen molar-refractivity contribution in [1.29, 1.82) is 0 Å². The molecule has 0 spiro atoms. The molecule has 1 atom stereocenters. The van der Waals surface area contributed by atoms with Gasteiger partial charge in [-0.25, -0.2) is 0 Å². The highest BCUT2D eigenvalue weighted by Crippen LogP contribution is 2.47. The van der Waals surface area contributed by atoms with Gasteiger partial charge >= 0.3 is 5.97 Å². The summed E-state index contributed by atoms with van der Waals surface area (Å²) in [7, 11) is 0. The molecule has 0 bridgehead atoms. The van der Waals surface area contributed by atoms with Gasteiger partial charge in [0.15, 0.2) is 0 Å². The van der Waals surface area contributed by atoms with E-state index in [0.29, 0.717) is 24.5 Å². The molecule has 1 unspecified atom stereocenters. The van der Waals surface area contributed by atoms with Gasteiger partial charge in [-0.1, -0.05) is 6.92 Å². The molecule has 3 nitrogen and oxygen atoms in total. The van der Waals surface area contributed by atoms with Crippen molar-refractivity contribution in [2.75, 3.05) is 13.2 Å². The van der Waals surface area contributed by atoms with Crippen LogP contribution in [0.1, 0.15) is 40.0 Å². The van der Waals surface area contributed by atoms with E-state index >= 15 is 0 Å². The van der Waals surface area contributed by atoms with Gasteiger partial charge < -0.3 is 10.1 Å². The van der Waals surface area contributed by atoms with Crippen molar-refractivity contribution in [3.8, 4) is 0 Å². The van der Waals surface area contributed by atoms with Crippen LogP contribution in [0, 0.1) is 5.41 Å². The lowest BCUT2D eigenvalue weighted by molar-refractivity contribution is -0.143. The highest BCUT2D eigenvalue weighted by Gasteiger charge is 2.42. The number of nitrogens with one attached hydrogen (secondary N) is 1. The van der Waals surface area contributed by atoms with Crippen LogP contribution in [0.25, 0.3) is 0 Å². The predicted molar refractivity (Wildman–Crippen MR) is 56.1 cm³/mol. The number of ether oxygens (including phenoxy) is 1. The number of carbonyl (C=O) groups is 1. The smallest absolute Gasteiger partial charge is 0.307 e. The number of carbonyl (C=O) groups excluding carboxylic acids is 1. The molecule has 0 radical (unpaired) electrons. The predicted octanol–water partition coefficient (Wildman–Crippen LogP) is 1.72. The zero-order valence-electron chi connectivity index (χ0n) is 9.43. The lowest BCUT2D eigenvalue weighted by atomic mass is 10.0. The Hall–Kier alpha value is -0.570. The molecule has 0 heterocycles. The van der Waals surface area contributed by atoms with Crippen molar-refractivity contribution >= 4 is 5.97 Å². The first kappa shape index (κ1) is 11.5. The summed E-state index contributed by atoms with van der Waals surface area (Å²) in [4.78, 5) is 11.0. The zero-order chi connectivity index (χ0) is 10.6. The van der Waals surface area contributed by atoms with Crippen LogP contribution in [-0.2, 0) is 9.53 Å². The molecule has 0 aromatic heterocycles. The molecule has 82 valence electrons. The number of rotatable bonds is 6. The first-order valence-corrected chi connectivity index (χ1v) is 5.47. The largest absolute Gasteiger partial charge is 0.466 e. The van der Waals surface area contributed by atoms with Crippen LogP contribution >= 0.6 is 0 Å². The van der Waals surface area contributed by atoms with Crippen LogP contribution in [0.4, 0.5) is 0 Å². The summed E-state index contributed by atoms with van der Waals surface area (Å²) in [6, 6.07) is 0.511. The van der Waals surface area contributed by atoms with Gasteiger partial charge in [0, 0.05) is 12.6 Å². The van der Waals surface area contributed by atoms with Crippen LogP contribution in [0.3, 0.4) is 0 Å². The second-order valence-electron chi connectivity index (χ2n) is 4.38. The normalized spacial score (nSPS) is 20.2. The number of hydrogen-bond donors (Lipinski definition) is 1. The van der Waals surface area contributed by atoms with Gasteiger partial charge in [0.1, 0.15) is 0 Å². The van der Waals surface area contributed by atoms with Crippen LogP contribution in [-0.4, -0.2) is 25.2 Å². The molecule has 1 saturated carbocycles. The van der Waals surface area contributed by atoms with E-state index in [9.17, 15) is 4.79 Å². The summed E-state index contributed by atoms with van der Waals surface area (Å²) in [5, 5.41) is 3.37. The van der Waals surface area contributed by atoms with Crippen molar-refractivity contribution in [3.05, 3.63) is 0 Å². The van der Waals surface area contributed by atoms with Gasteiger partial charge in [-0.15, -0.1) is 0 Å². The molecule has 1 aliphatic rings. The fraction of sp³-hybridized carbons (Fsp3) is 0.909. The Kier molecular flexibility index (Phi) is 3.93. The van der Waals surface area contributed by atoms with Crippen molar-refractivity contribution in [1.82, 2.24) is 5.32 Å². The maximum atomic E-state index is 11.0. The average molecular weight is 199 g/mol. The minimum absolute atomic E-state index is 0.104. The van der Waals surface area contributed by atoms with Crippen LogP contribution in [0.15, 0.2) is 0 Å². The summed E-state index contributed by atoms with van der Waals surface area (Å²) >= 11 is 0. The lowest BCUT2D eigenvalue weighted by Gasteiger charge is -2.19. The van der Waals surface area contributed by atoms with E-state index in [4.69, 9.17) is 4.74 Å². The molecule has 0 aliphatic heterocycles. The number of esters is 1. The second-order valence-corrected chi connectivity index (χ2v) is 4.38. The van der Waals surface area contributed by atoms with E-state index in [1.165, 1.54) is 12.8 Å². The minimum atomic E-state index is -0.104. The molecule has 3 heteroatoms. The fourth-order valence-corrected chi connectivity index (χ4v) is 1.50. The molecular weight excluding hydrogens is 178 g/mol. The Morgan fingerprint density at radius 2 is 2.21 bits per heavy atom. The molecule has 0 aromatic carbocycles. The van der Waals surface area contributed by atoms with Gasteiger partial charge in [0.2, 0.25) is 0 Å². The van der Waals surface area contributed by atoms with E-state index in [-0.39, 0.29) is 5.97 Å². The third kappa shape index (κ3) is 3.29. The highest BCUT2D eigenvalue weighted by atomic mass is 16.5. The van der Waals surface area contributed by atoms with Crippen LogP contribution in [0.5, 0.6) is 0 Å². The third-order valence-corrected chi connectivity index (χ3v) is 3.17. The van der Waals surface area contributed by atoms with Crippen molar-refractivity contribution in [2.24, 2.45) is 5.41 Å². The van der Waals surface area contributed by atoms with Gasteiger partial charge in [-0.2, -0.15) is 0 Å². The maximum Gasteiger partial charge on any atom is 0.307 e. The average Bonchev–Trinajstić information content (AvgIpc) is 2.85. The molecule has 1 rings (SSSR count). The van der Waals surface area contributed by atoms with E-state index in [1.54, 1.807) is 0 Å². The summed E-state index contributed by atoms with van der Waals surface area (Å²) in [5.74, 6) is -0.104. The Morgan fingerprint density at radius 1 is 1.57 bits per heavy atom. The molecule has 0 amide bonds. The van der Waals surface area contributed by atoms with Crippen molar-refractivity contribution in [2.45, 2.75) is 46.1 Å². The first-order chi connectivity index (χ1) is 6.58. The second kappa shape index (κ2) is 4.78. The molecule has 14 heavy (non-hydrogen) atoms. The molecule has 1 N–H and O–H groups in total. The molecule has 0 saturated heterocycles. The lowest BCUT2D eigenvalue weighted by Crippen LogP contribution is -2.34.